The lowest BCUT2D eigenvalue weighted by atomic mass is 10.2. The van der Waals surface area contributed by atoms with E-state index in [0.29, 0.717) is 0 Å². The summed E-state index contributed by atoms with van der Waals surface area (Å²) < 4.78 is 0. The number of anilines is 4. The molecular formula is C18H26N4. The van der Waals surface area contributed by atoms with Crippen LogP contribution in [-0.4, -0.2) is 27.2 Å². The van der Waals surface area contributed by atoms with Crippen LogP contribution in [0.3, 0.4) is 0 Å². The molecule has 0 aromatic heterocycles. The van der Waals surface area contributed by atoms with Crippen LogP contribution in [-0.2, 0) is 0 Å². The molecule has 0 fully saturated rings. The van der Waals surface area contributed by atoms with Crippen LogP contribution in [0, 0.1) is 0 Å². The number of nitrogens with zero attached hydrogens (tertiary/aromatic N) is 1. The van der Waals surface area contributed by atoms with Gasteiger partial charge in [0.25, 0.3) is 0 Å². The van der Waals surface area contributed by atoms with Gasteiger partial charge in [0.2, 0.25) is 0 Å². The summed E-state index contributed by atoms with van der Waals surface area (Å²) >= 11 is 0. The summed E-state index contributed by atoms with van der Waals surface area (Å²) in [5.41, 5.74) is 10.3. The molecule has 0 aliphatic rings. The lowest BCUT2D eigenvalue weighted by molar-refractivity contribution is 0.741. The van der Waals surface area contributed by atoms with E-state index in [1.54, 1.807) is 0 Å². The van der Waals surface area contributed by atoms with Gasteiger partial charge in [-0.3, -0.25) is 0 Å². The molecule has 22 heavy (non-hydrogen) atoms. The first kappa shape index (κ1) is 16.2. The molecule has 0 bridgehead atoms. The SMILES string of the molecule is CNc1ccc(N(CCCCN)c2ccc(NC)cc2)cc1. The lowest BCUT2D eigenvalue weighted by Gasteiger charge is -2.25. The summed E-state index contributed by atoms with van der Waals surface area (Å²) in [4.78, 5) is 2.34. The standard InChI is InChI=1S/C18H26N4/c1-20-15-5-9-17(10-6-15)22(14-4-3-13-19)18-11-7-16(21-2)8-12-18/h5-12,20-21H,3-4,13-14,19H2,1-2H3. The number of benzene rings is 2. The number of unbranched alkanes of at least 4 members (excludes halogenated alkanes) is 1. The second-order valence-corrected chi connectivity index (χ2v) is 5.24. The highest BCUT2D eigenvalue weighted by molar-refractivity contribution is 5.67. The normalized spacial score (nSPS) is 10.3. The first-order chi connectivity index (χ1) is 10.8. The predicted octanol–water partition coefficient (Wildman–Crippen LogP) is 3.65. The van der Waals surface area contributed by atoms with Crippen molar-refractivity contribution in [2.75, 3.05) is 42.7 Å². The van der Waals surface area contributed by atoms with Crippen LogP contribution in [0.25, 0.3) is 0 Å². The first-order valence-electron chi connectivity index (χ1n) is 7.81. The van der Waals surface area contributed by atoms with Gasteiger partial charge in [0, 0.05) is 43.4 Å². The maximum Gasteiger partial charge on any atom is 0.0412 e. The molecule has 0 spiro atoms. The smallest absolute Gasteiger partial charge is 0.0412 e. The van der Waals surface area contributed by atoms with Crippen molar-refractivity contribution >= 4 is 22.7 Å². The van der Waals surface area contributed by atoms with E-state index in [4.69, 9.17) is 5.73 Å². The Kier molecular flexibility index (Phi) is 6.10. The largest absolute Gasteiger partial charge is 0.388 e. The van der Waals surface area contributed by atoms with Gasteiger partial charge in [-0.25, -0.2) is 0 Å². The fourth-order valence-corrected chi connectivity index (χ4v) is 2.44. The molecular weight excluding hydrogens is 272 g/mol. The third-order valence-electron chi connectivity index (χ3n) is 3.77. The van der Waals surface area contributed by atoms with E-state index in [1.807, 2.05) is 14.1 Å². The molecule has 0 unspecified atom stereocenters. The van der Waals surface area contributed by atoms with E-state index < -0.39 is 0 Å². The van der Waals surface area contributed by atoms with Gasteiger partial charge in [0.1, 0.15) is 0 Å². The van der Waals surface area contributed by atoms with Crippen molar-refractivity contribution in [2.45, 2.75) is 12.8 Å². The van der Waals surface area contributed by atoms with Crippen molar-refractivity contribution in [1.29, 1.82) is 0 Å². The number of hydrogen-bond acceptors (Lipinski definition) is 4. The van der Waals surface area contributed by atoms with Crippen molar-refractivity contribution in [3.8, 4) is 0 Å². The van der Waals surface area contributed by atoms with Crippen LogP contribution in [0.2, 0.25) is 0 Å². The van der Waals surface area contributed by atoms with Crippen LogP contribution in [0.1, 0.15) is 12.8 Å². The number of hydrogen-bond donors (Lipinski definition) is 3. The van der Waals surface area contributed by atoms with Gasteiger partial charge in [-0.1, -0.05) is 0 Å². The first-order valence-corrected chi connectivity index (χ1v) is 7.81. The minimum atomic E-state index is 0.741. The zero-order valence-corrected chi connectivity index (χ0v) is 13.5. The van der Waals surface area contributed by atoms with E-state index in [-0.39, 0.29) is 0 Å². The predicted molar refractivity (Wildman–Crippen MR) is 97.3 cm³/mol. The van der Waals surface area contributed by atoms with Crippen molar-refractivity contribution in [1.82, 2.24) is 0 Å². The van der Waals surface area contributed by atoms with Gasteiger partial charge in [-0.05, 0) is 67.9 Å². The van der Waals surface area contributed by atoms with Crippen LogP contribution >= 0.6 is 0 Å². The van der Waals surface area contributed by atoms with Crippen LogP contribution < -0.4 is 21.3 Å². The second-order valence-electron chi connectivity index (χ2n) is 5.24. The van der Waals surface area contributed by atoms with Crippen molar-refractivity contribution in [3.63, 3.8) is 0 Å². The summed E-state index contributed by atoms with van der Waals surface area (Å²) in [6, 6.07) is 17.0. The fraction of sp³-hybridized carbons (Fsp3) is 0.333. The molecule has 0 amide bonds. The van der Waals surface area contributed by atoms with Crippen LogP contribution in [0.15, 0.2) is 48.5 Å². The Labute approximate surface area is 133 Å². The minimum absolute atomic E-state index is 0.741. The van der Waals surface area contributed by atoms with Gasteiger partial charge >= 0.3 is 0 Å². The highest BCUT2D eigenvalue weighted by Crippen LogP contribution is 2.28. The van der Waals surface area contributed by atoms with E-state index >= 15 is 0 Å². The minimum Gasteiger partial charge on any atom is -0.388 e. The van der Waals surface area contributed by atoms with Gasteiger partial charge in [0.05, 0.1) is 0 Å². The van der Waals surface area contributed by atoms with Gasteiger partial charge < -0.3 is 21.3 Å². The molecule has 0 atom stereocenters. The summed E-state index contributed by atoms with van der Waals surface area (Å²) in [6.07, 6.45) is 2.12. The number of nitrogens with one attached hydrogen (secondary N) is 2. The molecule has 4 nitrogen and oxygen atoms in total. The summed E-state index contributed by atoms with van der Waals surface area (Å²) in [5, 5.41) is 6.31. The quantitative estimate of drug-likeness (QED) is 0.651. The fourth-order valence-electron chi connectivity index (χ4n) is 2.44. The Morgan fingerprint density at radius 2 is 1.23 bits per heavy atom. The Hall–Kier alpha value is -2.20. The molecule has 2 aromatic carbocycles. The van der Waals surface area contributed by atoms with Crippen molar-refractivity contribution in [3.05, 3.63) is 48.5 Å². The lowest BCUT2D eigenvalue weighted by Crippen LogP contribution is -2.19. The van der Waals surface area contributed by atoms with E-state index in [9.17, 15) is 0 Å². The molecule has 0 radical (unpaired) electrons. The van der Waals surface area contributed by atoms with Crippen molar-refractivity contribution < 1.29 is 0 Å². The maximum absolute atomic E-state index is 5.63. The van der Waals surface area contributed by atoms with Gasteiger partial charge in [0.15, 0.2) is 0 Å². The maximum atomic E-state index is 5.63. The number of nitrogens with two attached hydrogens (primary N) is 1. The van der Waals surface area contributed by atoms with E-state index in [2.05, 4.69) is 64.1 Å². The molecule has 0 aliphatic heterocycles. The molecule has 2 aromatic rings. The molecule has 0 saturated carbocycles. The van der Waals surface area contributed by atoms with E-state index in [0.717, 1.165) is 37.3 Å². The molecule has 0 aliphatic carbocycles. The van der Waals surface area contributed by atoms with Crippen LogP contribution in [0.5, 0.6) is 0 Å². The Bertz CT molecular complexity index is 501. The average molecular weight is 298 g/mol. The highest BCUT2D eigenvalue weighted by Gasteiger charge is 2.09. The molecule has 0 heterocycles. The Morgan fingerprint density at radius 3 is 1.59 bits per heavy atom. The molecule has 4 heteroatoms. The molecule has 0 saturated heterocycles. The average Bonchev–Trinajstić information content (AvgIpc) is 2.59. The zero-order valence-electron chi connectivity index (χ0n) is 13.5. The molecule has 4 N–H and O–H groups in total. The summed E-state index contributed by atoms with van der Waals surface area (Å²) in [6.45, 7) is 1.71. The monoisotopic (exact) mass is 298 g/mol. The van der Waals surface area contributed by atoms with E-state index in [1.165, 1.54) is 11.4 Å². The topological polar surface area (TPSA) is 53.3 Å². The highest BCUT2D eigenvalue weighted by atomic mass is 15.1. The second kappa shape index (κ2) is 8.29. The zero-order chi connectivity index (χ0) is 15.8. The number of rotatable bonds is 8. The summed E-state index contributed by atoms with van der Waals surface area (Å²) in [7, 11) is 3.87. The third kappa shape index (κ3) is 4.15. The molecule has 118 valence electrons. The van der Waals surface area contributed by atoms with Gasteiger partial charge in [-0.2, -0.15) is 0 Å². The Morgan fingerprint density at radius 1 is 0.773 bits per heavy atom. The third-order valence-corrected chi connectivity index (χ3v) is 3.77. The molecule has 2 rings (SSSR count). The van der Waals surface area contributed by atoms with Gasteiger partial charge in [-0.15, -0.1) is 0 Å². The van der Waals surface area contributed by atoms with Crippen molar-refractivity contribution in [2.24, 2.45) is 5.73 Å². The summed E-state index contributed by atoms with van der Waals surface area (Å²) in [5.74, 6) is 0. The van der Waals surface area contributed by atoms with Crippen LogP contribution in [0.4, 0.5) is 22.7 Å². The Balaban J connectivity index is 2.23.